The van der Waals surface area contributed by atoms with E-state index in [4.69, 9.17) is 10.5 Å². The molecule has 6 nitrogen and oxygen atoms in total. The molecule has 2 heterocycles. The van der Waals surface area contributed by atoms with Gasteiger partial charge in [0, 0.05) is 13.1 Å². The van der Waals surface area contributed by atoms with Crippen LogP contribution in [0.2, 0.25) is 0 Å². The van der Waals surface area contributed by atoms with E-state index in [1.54, 1.807) is 24.0 Å². The first-order valence-electron chi connectivity index (χ1n) is 6.79. The van der Waals surface area contributed by atoms with Crippen LogP contribution in [0.4, 0.5) is 5.69 Å². The van der Waals surface area contributed by atoms with Crippen LogP contribution in [0.1, 0.15) is 30.3 Å². The molecule has 1 aromatic heterocycles. The third kappa shape index (κ3) is 3.26. The number of pyridine rings is 1. The van der Waals surface area contributed by atoms with Crippen molar-refractivity contribution in [2.45, 2.75) is 19.8 Å². The molecule has 20 heavy (non-hydrogen) atoms. The molecule has 0 radical (unpaired) electrons. The number of hydrogen-bond donors (Lipinski definition) is 1. The van der Waals surface area contributed by atoms with Crippen molar-refractivity contribution in [3.63, 3.8) is 0 Å². The number of aromatic nitrogens is 1. The second-order valence-electron chi connectivity index (χ2n) is 4.82. The smallest absolute Gasteiger partial charge is 0.310 e. The Morgan fingerprint density at radius 2 is 2.30 bits per heavy atom. The van der Waals surface area contributed by atoms with Gasteiger partial charge in [0.1, 0.15) is 5.69 Å². The minimum Gasteiger partial charge on any atom is -0.466 e. The molecular formula is C14H19N3O3. The van der Waals surface area contributed by atoms with Gasteiger partial charge < -0.3 is 15.4 Å². The fourth-order valence-corrected chi connectivity index (χ4v) is 2.31. The molecule has 0 bridgehead atoms. The molecule has 0 saturated carbocycles. The minimum atomic E-state index is -0.235. The summed E-state index contributed by atoms with van der Waals surface area (Å²) < 4.78 is 5.02. The van der Waals surface area contributed by atoms with E-state index in [1.807, 2.05) is 0 Å². The molecule has 0 aromatic carbocycles. The predicted octanol–water partition coefficient (Wildman–Crippen LogP) is 1.08. The van der Waals surface area contributed by atoms with Gasteiger partial charge in [0.2, 0.25) is 0 Å². The quantitative estimate of drug-likeness (QED) is 0.835. The first kappa shape index (κ1) is 14.3. The highest BCUT2D eigenvalue weighted by Gasteiger charge is 2.30. The monoisotopic (exact) mass is 277 g/mol. The Morgan fingerprint density at radius 3 is 2.95 bits per heavy atom. The van der Waals surface area contributed by atoms with Gasteiger partial charge in [0.05, 0.1) is 24.4 Å². The first-order chi connectivity index (χ1) is 9.61. The number of ether oxygens (including phenoxy) is 1. The van der Waals surface area contributed by atoms with Gasteiger partial charge in [0.25, 0.3) is 5.91 Å². The third-order valence-corrected chi connectivity index (χ3v) is 3.33. The highest BCUT2D eigenvalue weighted by molar-refractivity contribution is 5.92. The Kier molecular flexibility index (Phi) is 4.55. The summed E-state index contributed by atoms with van der Waals surface area (Å²) in [5.41, 5.74) is 6.42. The van der Waals surface area contributed by atoms with E-state index < -0.39 is 0 Å². The van der Waals surface area contributed by atoms with Gasteiger partial charge in [-0.05, 0) is 31.9 Å². The van der Waals surface area contributed by atoms with Crippen molar-refractivity contribution in [2.75, 3.05) is 25.4 Å². The topological polar surface area (TPSA) is 85.5 Å². The summed E-state index contributed by atoms with van der Waals surface area (Å²) >= 11 is 0. The number of nitrogens with two attached hydrogens (primary N) is 1. The highest BCUT2D eigenvalue weighted by Crippen LogP contribution is 2.19. The van der Waals surface area contributed by atoms with Crippen molar-refractivity contribution in [3.8, 4) is 0 Å². The summed E-state index contributed by atoms with van der Waals surface area (Å²) in [5, 5.41) is 0. The zero-order valence-corrected chi connectivity index (χ0v) is 11.5. The van der Waals surface area contributed by atoms with E-state index in [1.165, 1.54) is 6.20 Å². The van der Waals surface area contributed by atoms with Crippen molar-refractivity contribution in [2.24, 2.45) is 5.92 Å². The molecule has 1 amide bonds. The summed E-state index contributed by atoms with van der Waals surface area (Å²) in [7, 11) is 0. The van der Waals surface area contributed by atoms with Crippen LogP contribution in [0.5, 0.6) is 0 Å². The predicted molar refractivity (Wildman–Crippen MR) is 73.9 cm³/mol. The Bertz CT molecular complexity index is 487. The molecule has 1 fully saturated rings. The number of anilines is 1. The number of piperidine rings is 1. The molecule has 108 valence electrons. The van der Waals surface area contributed by atoms with Crippen LogP contribution in [0.15, 0.2) is 18.3 Å². The van der Waals surface area contributed by atoms with E-state index in [-0.39, 0.29) is 17.8 Å². The van der Waals surface area contributed by atoms with Gasteiger partial charge in [-0.2, -0.15) is 0 Å². The molecule has 1 aliphatic heterocycles. The number of hydrogen-bond acceptors (Lipinski definition) is 5. The van der Waals surface area contributed by atoms with E-state index >= 15 is 0 Å². The average molecular weight is 277 g/mol. The normalized spacial score (nSPS) is 18.6. The molecule has 1 saturated heterocycles. The molecule has 2 rings (SSSR count). The van der Waals surface area contributed by atoms with Gasteiger partial charge in [0.15, 0.2) is 0 Å². The van der Waals surface area contributed by atoms with Gasteiger partial charge in [-0.15, -0.1) is 0 Å². The lowest BCUT2D eigenvalue weighted by molar-refractivity contribution is -0.149. The van der Waals surface area contributed by atoms with Crippen molar-refractivity contribution in [3.05, 3.63) is 24.0 Å². The van der Waals surface area contributed by atoms with Gasteiger partial charge in [-0.1, -0.05) is 0 Å². The molecule has 1 atom stereocenters. The van der Waals surface area contributed by atoms with Crippen LogP contribution < -0.4 is 5.73 Å². The zero-order valence-electron chi connectivity index (χ0n) is 11.5. The summed E-state index contributed by atoms with van der Waals surface area (Å²) in [6.45, 7) is 3.18. The number of nitrogens with zero attached hydrogens (tertiary/aromatic N) is 2. The lowest BCUT2D eigenvalue weighted by Crippen LogP contribution is -2.43. The maximum atomic E-state index is 12.3. The molecule has 0 aliphatic carbocycles. The summed E-state index contributed by atoms with van der Waals surface area (Å²) in [6, 6.07) is 3.25. The molecule has 0 spiro atoms. The second kappa shape index (κ2) is 6.36. The highest BCUT2D eigenvalue weighted by atomic mass is 16.5. The molecule has 1 unspecified atom stereocenters. The zero-order chi connectivity index (χ0) is 14.5. The number of esters is 1. The lowest BCUT2D eigenvalue weighted by Gasteiger charge is -2.31. The summed E-state index contributed by atoms with van der Waals surface area (Å²) in [4.78, 5) is 29.7. The van der Waals surface area contributed by atoms with Gasteiger partial charge in [-0.25, -0.2) is 4.98 Å². The van der Waals surface area contributed by atoms with Crippen LogP contribution in [0.25, 0.3) is 0 Å². The van der Waals surface area contributed by atoms with Crippen molar-refractivity contribution in [1.82, 2.24) is 9.88 Å². The van der Waals surface area contributed by atoms with Crippen molar-refractivity contribution >= 4 is 17.6 Å². The summed E-state index contributed by atoms with van der Waals surface area (Å²) in [5.74, 6) is -0.629. The third-order valence-electron chi connectivity index (χ3n) is 3.33. The summed E-state index contributed by atoms with van der Waals surface area (Å²) in [6.07, 6.45) is 3.02. The fourth-order valence-electron chi connectivity index (χ4n) is 2.31. The maximum Gasteiger partial charge on any atom is 0.310 e. The maximum absolute atomic E-state index is 12.3. The number of likely N-dealkylation sites (tertiary alicyclic amines) is 1. The van der Waals surface area contributed by atoms with Gasteiger partial charge in [-0.3, -0.25) is 9.59 Å². The number of carbonyl (C=O) groups is 2. The molecule has 1 aliphatic rings. The standard InChI is InChI=1S/C14H19N3O3/c1-2-20-14(19)10-4-3-7-17(9-10)13(18)12-6-5-11(15)8-16-12/h5-6,8,10H,2-4,7,9,15H2,1H3. The van der Waals surface area contributed by atoms with Crippen molar-refractivity contribution in [1.29, 1.82) is 0 Å². The van der Waals surface area contributed by atoms with Crippen LogP contribution in [-0.4, -0.2) is 41.5 Å². The largest absolute Gasteiger partial charge is 0.466 e. The SMILES string of the molecule is CCOC(=O)C1CCCN(C(=O)c2ccc(N)cn2)C1. The van der Waals surface area contributed by atoms with Crippen molar-refractivity contribution < 1.29 is 14.3 Å². The number of amides is 1. The van der Waals surface area contributed by atoms with E-state index in [2.05, 4.69) is 4.98 Å². The molecular weight excluding hydrogens is 258 g/mol. The molecule has 1 aromatic rings. The number of rotatable bonds is 3. The van der Waals surface area contributed by atoms with Crippen LogP contribution in [0.3, 0.4) is 0 Å². The van der Waals surface area contributed by atoms with Crippen LogP contribution >= 0.6 is 0 Å². The Morgan fingerprint density at radius 1 is 1.50 bits per heavy atom. The number of carbonyl (C=O) groups excluding carboxylic acids is 2. The lowest BCUT2D eigenvalue weighted by atomic mass is 9.98. The van der Waals surface area contributed by atoms with E-state index in [0.717, 1.165) is 12.8 Å². The molecule has 6 heteroatoms. The average Bonchev–Trinajstić information content (AvgIpc) is 2.48. The van der Waals surface area contributed by atoms with Crippen LogP contribution in [-0.2, 0) is 9.53 Å². The van der Waals surface area contributed by atoms with Crippen LogP contribution in [0, 0.1) is 5.92 Å². The minimum absolute atomic E-state index is 0.168. The second-order valence-corrected chi connectivity index (χ2v) is 4.82. The Balaban J connectivity index is 2.03. The Labute approximate surface area is 117 Å². The Hall–Kier alpha value is -2.11. The first-order valence-corrected chi connectivity index (χ1v) is 6.79. The van der Waals surface area contributed by atoms with E-state index in [9.17, 15) is 9.59 Å². The fraction of sp³-hybridized carbons (Fsp3) is 0.500. The van der Waals surface area contributed by atoms with Gasteiger partial charge >= 0.3 is 5.97 Å². The number of nitrogen functional groups attached to an aromatic ring is 1. The van der Waals surface area contributed by atoms with E-state index in [0.29, 0.717) is 31.1 Å². The molecule has 2 N–H and O–H groups in total.